The molecule has 2 heterocycles. The number of hydrogen-bond donors (Lipinski definition) is 0. The van der Waals surface area contributed by atoms with Gasteiger partial charge in [-0.05, 0) is 60.5 Å². The van der Waals surface area contributed by atoms with Crippen molar-refractivity contribution in [1.82, 2.24) is 25.1 Å². The molecule has 0 spiro atoms. The van der Waals surface area contributed by atoms with Gasteiger partial charge in [-0.1, -0.05) is 29.5 Å². The third-order valence-electron chi connectivity index (χ3n) is 5.41. The number of ether oxygens (including phenoxy) is 2. The minimum Gasteiger partial charge on any atom is -0.497 e. The fourth-order valence-electron chi connectivity index (χ4n) is 3.81. The van der Waals surface area contributed by atoms with Gasteiger partial charge in [-0.2, -0.15) is 4.68 Å². The summed E-state index contributed by atoms with van der Waals surface area (Å²) in [5.41, 5.74) is 3.00. The van der Waals surface area contributed by atoms with Crippen LogP contribution in [0.25, 0.3) is 5.69 Å². The van der Waals surface area contributed by atoms with Crippen molar-refractivity contribution in [2.75, 3.05) is 26.5 Å². The van der Waals surface area contributed by atoms with E-state index >= 15 is 0 Å². The smallest absolute Gasteiger partial charge is 0.233 e. The number of amides is 1. The van der Waals surface area contributed by atoms with Gasteiger partial charge in [0.15, 0.2) is 0 Å². The molecule has 2 aromatic carbocycles. The van der Waals surface area contributed by atoms with Crippen molar-refractivity contribution < 1.29 is 14.3 Å². The van der Waals surface area contributed by atoms with Crippen LogP contribution in [0, 0.1) is 6.92 Å². The number of rotatable bonds is 7. The highest BCUT2D eigenvalue weighted by atomic mass is 32.2. The third kappa shape index (κ3) is 4.51. The second-order valence-corrected chi connectivity index (χ2v) is 8.29. The summed E-state index contributed by atoms with van der Waals surface area (Å²) in [4.78, 5) is 15.0. The molecule has 1 amide bonds. The minimum atomic E-state index is -0.0359. The second-order valence-electron chi connectivity index (χ2n) is 7.35. The lowest BCUT2D eigenvalue weighted by Gasteiger charge is -2.26. The highest BCUT2D eigenvalue weighted by Crippen LogP contribution is 2.39. The number of tetrazole rings is 1. The maximum absolute atomic E-state index is 13.1. The number of carbonyl (C=O) groups excluding carboxylic acids is 1. The number of aromatic nitrogens is 4. The molecule has 1 aliphatic heterocycles. The average molecular weight is 440 g/mol. The lowest BCUT2D eigenvalue weighted by atomic mass is 10.0. The van der Waals surface area contributed by atoms with Gasteiger partial charge in [0.1, 0.15) is 11.5 Å². The molecule has 0 aliphatic carbocycles. The minimum absolute atomic E-state index is 0.0359. The van der Waals surface area contributed by atoms with E-state index in [1.54, 1.807) is 18.9 Å². The van der Waals surface area contributed by atoms with Crippen molar-refractivity contribution in [3.05, 3.63) is 53.6 Å². The van der Waals surface area contributed by atoms with Crippen molar-refractivity contribution in [1.29, 1.82) is 0 Å². The van der Waals surface area contributed by atoms with Crippen LogP contribution in [0.5, 0.6) is 11.5 Å². The molecule has 1 unspecified atom stereocenters. The Kier molecular flexibility index (Phi) is 6.41. The van der Waals surface area contributed by atoms with Crippen molar-refractivity contribution in [3.8, 4) is 17.2 Å². The summed E-state index contributed by atoms with van der Waals surface area (Å²) in [6.45, 7) is 2.74. The Morgan fingerprint density at radius 3 is 2.71 bits per heavy atom. The van der Waals surface area contributed by atoms with Crippen LogP contribution in [0.15, 0.2) is 47.6 Å². The van der Waals surface area contributed by atoms with Crippen LogP contribution in [0.4, 0.5) is 0 Å². The number of methoxy groups -OCH3 is 2. The molecule has 162 valence electrons. The van der Waals surface area contributed by atoms with E-state index in [-0.39, 0.29) is 17.7 Å². The molecular formula is C22H25N5O3S. The molecule has 1 aromatic heterocycles. The topological polar surface area (TPSA) is 82.4 Å². The second kappa shape index (κ2) is 9.38. The maximum atomic E-state index is 13.1. The van der Waals surface area contributed by atoms with E-state index in [4.69, 9.17) is 9.47 Å². The quantitative estimate of drug-likeness (QED) is 0.522. The Balaban J connectivity index is 1.48. The normalized spacial score (nSPS) is 15.8. The lowest BCUT2D eigenvalue weighted by molar-refractivity contribution is -0.129. The molecule has 0 bridgehead atoms. The predicted octanol–water partition coefficient (Wildman–Crippen LogP) is 3.44. The zero-order valence-corrected chi connectivity index (χ0v) is 18.6. The molecule has 31 heavy (non-hydrogen) atoms. The number of carbonyl (C=O) groups is 1. The number of nitrogens with zero attached hydrogens (tertiary/aromatic N) is 5. The average Bonchev–Trinajstić information content (AvgIpc) is 3.47. The molecule has 0 radical (unpaired) electrons. The molecule has 9 heteroatoms. The fourth-order valence-corrected chi connectivity index (χ4v) is 4.59. The van der Waals surface area contributed by atoms with E-state index in [0.717, 1.165) is 41.2 Å². The number of aryl methyl sites for hydroxylation is 1. The highest BCUT2D eigenvalue weighted by molar-refractivity contribution is 7.99. The Morgan fingerprint density at radius 1 is 1.16 bits per heavy atom. The molecule has 0 N–H and O–H groups in total. The van der Waals surface area contributed by atoms with Crippen LogP contribution >= 0.6 is 11.8 Å². The summed E-state index contributed by atoms with van der Waals surface area (Å²) in [6.07, 6.45) is 1.84. The van der Waals surface area contributed by atoms with Crippen LogP contribution in [0.3, 0.4) is 0 Å². The summed E-state index contributed by atoms with van der Waals surface area (Å²) >= 11 is 1.34. The number of likely N-dealkylation sites (tertiary alicyclic amines) is 1. The van der Waals surface area contributed by atoms with Gasteiger partial charge < -0.3 is 14.4 Å². The molecule has 1 saturated heterocycles. The summed E-state index contributed by atoms with van der Waals surface area (Å²) < 4.78 is 12.6. The van der Waals surface area contributed by atoms with Crippen LogP contribution in [0.1, 0.15) is 30.0 Å². The summed E-state index contributed by atoms with van der Waals surface area (Å²) in [6, 6.07) is 13.6. The predicted molar refractivity (Wildman–Crippen MR) is 118 cm³/mol. The zero-order chi connectivity index (χ0) is 21.8. The Bertz CT molecular complexity index is 1050. The zero-order valence-electron chi connectivity index (χ0n) is 17.8. The number of hydrogen-bond acceptors (Lipinski definition) is 7. The number of thioether (sulfide) groups is 1. The van der Waals surface area contributed by atoms with Gasteiger partial charge >= 0.3 is 0 Å². The number of benzene rings is 2. The van der Waals surface area contributed by atoms with Crippen LogP contribution in [-0.2, 0) is 4.79 Å². The largest absolute Gasteiger partial charge is 0.497 e. The summed E-state index contributed by atoms with van der Waals surface area (Å²) in [7, 11) is 3.28. The van der Waals surface area contributed by atoms with Gasteiger partial charge in [0.2, 0.25) is 11.1 Å². The molecular weight excluding hydrogens is 414 g/mol. The summed E-state index contributed by atoms with van der Waals surface area (Å²) in [5, 5.41) is 12.6. The molecule has 0 saturated carbocycles. The van der Waals surface area contributed by atoms with E-state index in [0.29, 0.717) is 11.7 Å². The first-order valence-electron chi connectivity index (χ1n) is 10.1. The van der Waals surface area contributed by atoms with Crippen molar-refractivity contribution >= 4 is 17.7 Å². The van der Waals surface area contributed by atoms with Gasteiger partial charge in [-0.25, -0.2) is 0 Å². The molecule has 3 aromatic rings. The van der Waals surface area contributed by atoms with Crippen LogP contribution in [0.2, 0.25) is 0 Å². The van der Waals surface area contributed by atoms with Gasteiger partial charge in [-0.3, -0.25) is 4.79 Å². The van der Waals surface area contributed by atoms with Gasteiger partial charge in [0.25, 0.3) is 0 Å². The van der Waals surface area contributed by atoms with E-state index in [2.05, 4.69) is 15.5 Å². The lowest BCUT2D eigenvalue weighted by Crippen LogP contribution is -2.32. The first-order valence-corrected chi connectivity index (χ1v) is 11.1. The first-order chi connectivity index (χ1) is 15.1. The van der Waals surface area contributed by atoms with Crippen molar-refractivity contribution in [2.24, 2.45) is 0 Å². The van der Waals surface area contributed by atoms with E-state index < -0.39 is 0 Å². The highest BCUT2D eigenvalue weighted by Gasteiger charge is 2.32. The Labute approximate surface area is 185 Å². The monoisotopic (exact) mass is 439 g/mol. The molecule has 1 aliphatic rings. The van der Waals surface area contributed by atoms with Crippen molar-refractivity contribution in [3.63, 3.8) is 0 Å². The van der Waals surface area contributed by atoms with E-state index in [1.165, 1.54) is 11.8 Å². The molecule has 4 rings (SSSR count). The fraction of sp³-hybridized carbons (Fsp3) is 0.364. The van der Waals surface area contributed by atoms with Gasteiger partial charge in [-0.15, -0.1) is 5.10 Å². The SMILES string of the molecule is COc1ccc(OC)c(C2CCCN2C(=O)CSc2nnnn2-c2ccc(C)cc2)c1. The first kappa shape index (κ1) is 21.2. The molecule has 8 nitrogen and oxygen atoms in total. The van der Waals surface area contributed by atoms with Crippen molar-refractivity contribution in [2.45, 2.75) is 31.0 Å². The third-order valence-corrected chi connectivity index (χ3v) is 6.32. The van der Waals surface area contributed by atoms with E-state index in [9.17, 15) is 4.79 Å². The van der Waals surface area contributed by atoms with Gasteiger partial charge in [0.05, 0.1) is 31.7 Å². The van der Waals surface area contributed by atoms with Crippen LogP contribution < -0.4 is 9.47 Å². The Hall–Kier alpha value is -3.07. The standard InChI is InChI=1S/C22H25N5O3S/c1-15-6-8-16(9-7-15)27-22(23-24-25-27)31-14-21(28)26-12-4-5-19(26)18-13-17(29-2)10-11-20(18)30-3/h6-11,13,19H,4-5,12,14H2,1-3H3. The maximum Gasteiger partial charge on any atom is 0.233 e. The summed E-state index contributed by atoms with van der Waals surface area (Å²) in [5.74, 6) is 1.83. The van der Waals surface area contributed by atoms with E-state index in [1.807, 2.05) is 54.3 Å². The molecule has 1 atom stereocenters. The van der Waals surface area contributed by atoms with Crippen LogP contribution in [-0.4, -0.2) is 57.5 Å². The Morgan fingerprint density at radius 2 is 1.97 bits per heavy atom. The molecule has 1 fully saturated rings. The van der Waals surface area contributed by atoms with Gasteiger partial charge in [0, 0.05) is 12.1 Å².